The second-order valence-corrected chi connectivity index (χ2v) is 4.14. The second-order valence-electron chi connectivity index (χ2n) is 4.14. The van der Waals surface area contributed by atoms with Crippen LogP contribution in [0.4, 0.5) is 0 Å². The molecule has 0 aromatic heterocycles. The number of piperazine rings is 1. The topological polar surface area (TPSA) is 66.5 Å². The van der Waals surface area contributed by atoms with Crippen LogP contribution in [0.15, 0.2) is 24.3 Å². The van der Waals surface area contributed by atoms with Crippen molar-refractivity contribution >= 4 is 17.7 Å². The average molecular weight is 246 g/mol. The van der Waals surface area contributed by atoms with Crippen molar-refractivity contribution in [3.8, 4) is 0 Å². The zero-order valence-corrected chi connectivity index (χ0v) is 10.1. The van der Waals surface area contributed by atoms with Crippen LogP contribution in [0.1, 0.15) is 22.8 Å². The van der Waals surface area contributed by atoms with Crippen molar-refractivity contribution in [3.63, 3.8) is 0 Å². The van der Waals surface area contributed by atoms with Crippen LogP contribution >= 0.6 is 0 Å². The minimum absolute atomic E-state index is 0.0668. The van der Waals surface area contributed by atoms with Gasteiger partial charge in [0.05, 0.1) is 0 Å². The van der Waals surface area contributed by atoms with E-state index in [4.69, 9.17) is 0 Å². The van der Waals surface area contributed by atoms with Gasteiger partial charge >= 0.3 is 0 Å². The first-order chi connectivity index (χ1) is 8.61. The molecule has 1 N–H and O–H groups in total. The summed E-state index contributed by atoms with van der Waals surface area (Å²) in [4.78, 5) is 36.0. The molecule has 1 aromatic carbocycles. The Labute approximate surface area is 105 Å². The van der Waals surface area contributed by atoms with Crippen LogP contribution in [0, 0.1) is 0 Å². The lowest BCUT2D eigenvalue weighted by molar-refractivity contribution is -0.135. The molecule has 3 amide bonds. The molecule has 94 valence electrons. The van der Waals surface area contributed by atoms with Gasteiger partial charge in [-0.25, -0.2) is 0 Å². The van der Waals surface area contributed by atoms with Crippen LogP contribution in [-0.2, 0) is 16.0 Å². The maximum Gasteiger partial charge on any atom is 0.255 e. The Morgan fingerprint density at radius 2 is 1.83 bits per heavy atom. The van der Waals surface area contributed by atoms with E-state index >= 15 is 0 Å². The second kappa shape index (κ2) is 5.00. The number of carbonyl (C=O) groups is 3. The Morgan fingerprint density at radius 3 is 2.44 bits per heavy atom. The van der Waals surface area contributed by atoms with Crippen molar-refractivity contribution in [3.05, 3.63) is 35.4 Å². The fourth-order valence-electron chi connectivity index (χ4n) is 1.99. The molecule has 1 fully saturated rings. The molecule has 0 spiro atoms. The van der Waals surface area contributed by atoms with Crippen molar-refractivity contribution in [1.29, 1.82) is 0 Å². The lowest BCUT2D eigenvalue weighted by Crippen LogP contribution is -2.53. The summed E-state index contributed by atoms with van der Waals surface area (Å²) in [5, 5.41) is 2.17. The van der Waals surface area contributed by atoms with Crippen LogP contribution in [0.25, 0.3) is 0 Å². The third-order valence-electron chi connectivity index (χ3n) is 2.86. The van der Waals surface area contributed by atoms with Crippen LogP contribution < -0.4 is 5.32 Å². The molecular weight excluding hydrogens is 232 g/mol. The van der Waals surface area contributed by atoms with Crippen LogP contribution in [-0.4, -0.2) is 35.7 Å². The van der Waals surface area contributed by atoms with Gasteiger partial charge in [-0.3, -0.25) is 19.7 Å². The summed E-state index contributed by atoms with van der Waals surface area (Å²) in [7, 11) is 0. The number of carbonyl (C=O) groups excluding carboxylic acids is 3. The summed E-state index contributed by atoms with van der Waals surface area (Å²) in [6.07, 6.45) is 0.732. The van der Waals surface area contributed by atoms with E-state index in [1.165, 1.54) is 4.90 Å². The van der Waals surface area contributed by atoms with E-state index in [1.807, 2.05) is 19.1 Å². The zero-order chi connectivity index (χ0) is 13.1. The summed E-state index contributed by atoms with van der Waals surface area (Å²) in [6, 6.07) is 7.24. The molecule has 18 heavy (non-hydrogen) atoms. The predicted molar refractivity (Wildman–Crippen MR) is 64.9 cm³/mol. The van der Waals surface area contributed by atoms with Gasteiger partial charge in [0, 0.05) is 5.56 Å². The van der Waals surface area contributed by atoms with Crippen molar-refractivity contribution in [2.24, 2.45) is 0 Å². The molecule has 1 aliphatic rings. The fourth-order valence-corrected chi connectivity index (χ4v) is 1.99. The number of nitrogens with one attached hydrogen (secondary N) is 1. The number of hydrogen-bond donors (Lipinski definition) is 1. The van der Waals surface area contributed by atoms with Gasteiger partial charge in [0.2, 0.25) is 11.8 Å². The van der Waals surface area contributed by atoms with Gasteiger partial charge in [-0.1, -0.05) is 25.1 Å². The first-order valence-electron chi connectivity index (χ1n) is 5.81. The number of amides is 3. The predicted octanol–water partition coefficient (Wildman–Crippen LogP) is 0.348. The third-order valence-corrected chi connectivity index (χ3v) is 2.86. The maximum atomic E-state index is 12.3. The van der Waals surface area contributed by atoms with Gasteiger partial charge in [-0.15, -0.1) is 0 Å². The van der Waals surface area contributed by atoms with Gasteiger partial charge in [-0.05, 0) is 18.1 Å². The summed E-state index contributed by atoms with van der Waals surface area (Å²) in [6.45, 7) is 1.82. The standard InChI is InChI=1S/C13H14N2O3/c1-2-9-5-3-4-6-10(9)13(18)15-7-11(16)14-12(17)8-15/h3-6H,2,7-8H2,1H3,(H,14,16,17). The van der Waals surface area contributed by atoms with Gasteiger partial charge in [0.25, 0.3) is 5.91 Å². The largest absolute Gasteiger partial charge is 0.320 e. The Kier molecular flexibility index (Phi) is 3.41. The molecule has 0 atom stereocenters. The molecule has 5 nitrogen and oxygen atoms in total. The molecule has 0 aliphatic carbocycles. The first-order valence-corrected chi connectivity index (χ1v) is 5.81. The van der Waals surface area contributed by atoms with Crippen molar-refractivity contribution in [2.45, 2.75) is 13.3 Å². The number of aryl methyl sites for hydroxylation is 1. The van der Waals surface area contributed by atoms with E-state index in [-0.39, 0.29) is 19.0 Å². The minimum atomic E-state index is -0.437. The highest BCUT2D eigenvalue weighted by Crippen LogP contribution is 2.13. The van der Waals surface area contributed by atoms with Crippen molar-refractivity contribution in [1.82, 2.24) is 10.2 Å². The SMILES string of the molecule is CCc1ccccc1C(=O)N1CC(=O)NC(=O)C1. The van der Waals surface area contributed by atoms with E-state index in [0.29, 0.717) is 5.56 Å². The normalized spacial score (nSPS) is 15.5. The molecule has 1 aromatic rings. The fraction of sp³-hybridized carbons (Fsp3) is 0.308. The Bertz CT molecular complexity index is 495. The number of nitrogens with zero attached hydrogens (tertiary/aromatic N) is 1. The monoisotopic (exact) mass is 246 g/mol. The number of hydrogen-bond acceptors (Lipinski definition) is 3. The van der Waals surface area contributed by atoms with Crippen LogP contribution in [0.3, 0.4) is 0 Å². The van der Waals surface area contributed by atoms with Crippen LogP contribution in [0.5, 0.6) is 0 Å². The van der Waals surface area contributed by atoms with E-state index in [0.717, 1.165) is 12.0 Å². The molecule has 1 heterocycles. The number of rotatable bonds is 2. The van der Waals surface area contributed by atoms with Gasteiger partial charge in [-0.2, -0.15) is 0 Å². The highest BCUT2D eigenvalue weighted by Gasteiger charge is 2.27. The maximum absolute atomic E-state index is 12.3. The molecule has 1 aliphatic heterocycles. The molecule has 0 bridgehead atoms. The summed E-state index contributed by atoms with van der Waals surface area (Å²) in [5.41, 5.74) is 1.48. The van der Waals surface area contributed by atoms with E-state index in [2.05, 4.69) is 5.32 Å². The summed E-state index contributed by atoms with van der Waals surface area (Å²) in [5.74, 6) is -1.14. The molecule has 0 unspecified atom stereocenters. The quantitative estimate of drug-likeness (QED) is 0.766. The molecule has 2 rings (SSSR count). The minimum Gasteiger partial charge on any atom is -0.320 e. The first kappa shape index (κ1) is 12.3. The van der Waals surface area contributed by atoms with Gasteiger partial charge in [0.15, 0.2) is 0 Å². The van der Waals surface area contributed by atoms with E-state index < -0.39 is 11.8 Å². The smallest absolute Gasteiger partial charge is 0.255 e. The van der Waals surface area contributed by atoms with Crippen molar-refractivity contribution < 1.29 is 14.4 Å². The Morgan fingerprint density at radius 1 is 1.22 bits per heavy atom. The molecular formula is C13H14N2O3. The molecule has 5 heteroatoms. The van der Waals surface area contributed by atoms with Crippen molar-refractivity contribution in [2.75, 3.05) is 13.1 Å². The Balaban J connectivity index is 2.25. The van der Waals surface area contributed by atoms with E-state index in [1.54, 1.807) is 12.1 Å². The van der Waals surface area contributed by atoms with Crippen LogP contribution in [0.2, 0.25) is 0 Å². The van der Waals surface area contributed by atoms with E-state index in [9.17, 15) is 14.4 Å². The lowest BCUT2D eigenvalue weighted by atomic mass is 10.0. The highest BCUT2D eigenvalue weighted by molar-refractivity contribution is 6.06. The molecule has 0 radical (unpaired) electrons. The number of imide groups is 1. The highest BCUT2D eigenvalue weighted by atomic mass is 16.2. The summed E-state index contributed by atoms with van der Waals surface area (Å²) >= 11 is 0. The summed E-state index contributed by atoms with van der Waals surface area (Å²) < 4.78 is 0. The van der Waals surface area contributed by atoms with Gasteiger partial charge in [0.1, 0.15) is 13.1 Å². The molecule has 1 saturated heterocycles. The van der Waals surface area contributed by atoms with Gasteiger partial charge < -0.3 is 4.90 Å². The zero-order valence-electron chi connectivity index (χ0n) is 10.1. The molecule has 0 saturated carbocycles. The third kappa shape index (κ3) is 2.40. The number of benzene rings is 1. The lowest BCUT2D eigenvalue weighted by Gasteiger charge is -2.26. The Hall–Kier alpha value is -2.17. The average Bonchev–Trinajstić information content (AvgIpc) is 2.36.